The quantitative estimate of drug-likeness (QED) is 0.152. The Hall–Kier alpha value is -7.56. The Bertz CT molecular complexity index is 4340. The highest BCUT2D eigenvalue weighted by Gasteiger charge is 2.44. The number of aryl methyl sites for hydroxylation is 2. The lowest BCUT2D eigenvalue weighted by atomic mass is 9.62. The van der Waals surface area contributed by atoms with Crippen molar-refractivity contribution in [2.24, 2.45) is 0 Å². The summed E-state index contributed by atoms with van der Waals surface area (Å²) in [5.74, 6) is 0.307. The topological polar surface area (TPSA) is 34.6 Å². The van der Waals surface area contributed by atoms with Gasteiger partial charge in [0.15, 0.2) is 0 Å². The van der Waals surface area contributed by atoms with Gasteiger partial charge < -0.3 is 8.80 Å². The lowest BCUT2D eigenvalue weighted by Gasteiger charge is -2.41. The lowest BCUT2D eigenvalue weighted by Crippen LogP contribution is -2.28. The smallest absolute Gasteiger partial charge is 0.0728 e. The van der Waals surface area contributed by atoms with E-state index in [0.29, 0.717) is 0 Å². The van der Waals surface area contributed by atoms with E-state index in [1.165, 1.54) is 149 Å². The van der Waals surface area contributed by atoms with Crippen LogP contribution < -0.4 is 0 Å². The predicted octanol–water partition coefficient (Wildman–Crippen LogP) is 15.2. The fourth-order valence-electron chi connectivity index (χ4n) is 14.2. The van der Waals surface area contributed by atoms with Crippen molar-refractivity contribution < 1.29 is 0 Å². The highest BCUT2D eigenvalue weighted by atomic mass is 15.0. The zero-order valence-electron chi connectivity index (χ0n) is 38.5. The van der Waals surface area contributed by atoms with E-state index in [1.807, 2.05) is 0 Å². The largest absolute Gasteiger partial charge is 0.306 e. The minimum atomic E-state index is -0.0668. The van der Waals surface area contributed by atoms with Gasteiger partial charge in [0, 0.05) is 60.8 Å². The maximum Gasteiger partial charge on any atom is 0.0728 e. The number of hydrogen-bond donors (Lipinski definition) is 0. The third-order valence-electron chi connectivity index (χ3n) is 17.3. The van der Waals surface area contributed by atoms with Crippen LogP contribution >= 0.6 is 0 Å². The van der Waals surface area contributed by atoms with E-state index in [4.69, 9.17) is 16.5 Å². The van der Waals surface area contributed by atoms with E-state index in [0.717, 1.165) is 11.3 Å². The summed E-state index contributed by atoms with van der Waals surface area (Å²) in [6.45, 7) is 18.9. The summed E-state index contributed by atoms with van der Waals surface area (Å²) in [5, 5.41) is 10.6. The fraction of sp³-hybridized carbons (Fsp3) is 0.175. The molecule has 5 aliphatic carbocycles. The monoisotopic (exact) mass is 858 g/mol. The van der Waals surface area contributed by atoms with Gasteiger partial charge in [0.05, 0.1) is 62.8 Å². The molecule has 0 N–H and O–H groups in total. The summed E-state index contributed by atoms with van der Waals surface area (Å²) in [6, 6.07) is 37.4. The molecule has 4 heteroatoms. The van der Waals surface area contributed by atoms with Crippen LogP contribution in [0.1, 0.15) is 123 Å². The van der Waals surface area contributed by atoms with Crippen LogP contribution in [0.5, 0.6) is 0 Å². The third kappa shape index (κ3) is 4.12. The van der Waals surface area contributed by atoms with Crippen molar-refractivity contribution in [1.29, 1.82) is 0 Å². The molecule has 318 valence electrons. The number of benzene rings is 6. The van der Waals surface area contributed by atoms with Gasteiger partial charge in [-0.1, -0.05) is 124 Å². The van der Waals surface area contributed by atoms with Crippen molar-refractivity contribution in [3.63, 3.8) is 0 Å². The van der Waals surface area contributed by atoms with Crippen molar-refractivity contribution in [1.82, 2.24) is 18.8 Å². The number of nitrogens with zero attached hydrogens (tertiary/aromatic N) is 4. The minimum absolute atomic E-state index is 0.00126. The Labute approximate surface area is 387 Å². The molecule has 2 unspecified atom stereocenters. The molecule has 0 amide bonds. The molecule has 5 aliphatic rings. The maximum absolute atomic E-state index is 5.54. The van der Waals surface area contributed by atoms with Gasteiger partial charge >= 0.3 is 0 Å². The van der Waals surface area contributed by atoms with Gasteiger partial charge in [-0.3, -0.25) is 9.97 Å². The van der Waals surface area contributed by atoms with E-state index in [9.17, 15) is 0 Å². The standard InChI is InChI=1S/C63H46N4/c1-30-16-8-9-23-41-35-17-10-11-18-36(35)50(30)57-56-49(29-64-59(41)57)67-47-26-42-43-24-34(63(5,6)7)25-45-55-48(66(61(43)45)46(42)27-44(47)51-32(3)31(2)33(4)52(56)62(51)67)28-65-60-54-39-21-14-12-19-37(39)53(58(55)60)38-20-13-15-22-40(38)54/h8-29,41,50,53-54H,1H2,2-7H3/b16-8-,23-9-. The zero-order valence-corrected chi connectivity index (χ0v) is 38.5. The van der Waals surface area contributed by atoms with Gasteiger partial charge in [0.2, 0.25) is 0 Å². The molecule has 0 spiro atoms. The molecule has 6 aromatic carbocycles. The number of rotatable bonds is 0. The predicted molar refractivity (Wildman–Crippen MR) is 277 cm³/mol. The number of pyridine rings is 2. The summed E-state index contributed by atoms with van der Waals surface area (Å²) in [6.07, 6.45) is 13.3. The zero-order chi connectivity index (χ0) is 44.7. The molecule has 12 aromatic rings. The van der Waals surface area contributed by atoms with E-state index in [1.54, 1.807) is 0 Å². The maximum atomic E-state index is 5.54. The van der Waals surface area contributed by atoms with Gasteiger partial charge in [0.25, 0.3) is 0 Å². The van der Waals surface area contributed by atoms with Crippen molar-refractivity contribution in [3.05, 3.63) is 224 Å². The van der Waals surface area contributed by atoms with Crippen LogP contribution in [0.25, 0.3) is 76.2 Å². The molecule has 0 saturated carbocycles. The summed E-state index contributed by atoms with van der Waals surface area (Å²) in [5.41, 5.74) is 27.3. The van der Waals surface area contributed by atoms with Crippen LogP contribution in [0.3, 0.4) is 0 Å². The van der Waals surface area contributed by atoms with E-state index in [-0.39, 0.29) is 29.1 Å². The second-order valence-corrected chi connectivity index (χ2v) is 21.3. The Kier molecular flexibility index (Phi) is 6.49. The van der Waals surface area contributed by atoms with Crippen LogP contribution in [-0.4, -0.2) is 18.8 Å². The van der Waals surface area contributed by atoms with Crippen molar-refractivity contribution >= 4 is 76.2 Å². The summed E-state index contributed by atoms with van der Waals surface area (Å²) >= 11 is 0. The summed E-state index contributed by atoms with van der Waals surface area (Å²) in [4.78, 5) is 11.0. The molecule has 0 saturated heterocycles. The van der Waals surface area contributed by atoms with Crippen LogP contribution in [-0.2, 0) is 5.41 Å². The van der Waals surface area contributed by atoms with Gasteiger partial charge in [-0.2, -0.15) is 0 Å². The molecule has 4 bridgehead atoms. The van der Waals surface area contributed by atoms with Crippen molar-refractivity contribution in [2.45, 2.75) is 70.6 Å². The number of fused-ring (bicyclic) bond motifs is 16. The highest BCUT2D eigenvalue weighted by Crippen LogP contribution is 2.59. The molecule has 2 atom stereocenters. The molecule has 17 rings (SSSR count). The average molecular weight is 859 g/mol. The van der Waals surface area contributed by atoms with Crippen LogP contribution in [0.4, 0.5) is 0 Å². The lowest BCUT2D eigenvalue weighted by molar-refractivity contribution is 0.592. The normalized spacial score (nSPS) is 20.4. The molecule has 67 heavy (non-hydrogen) atoms. The molecule has 4 nitrogen and oxygen atoms in total. The van der Waals surface area contributed by atoms with Crippen molar-refractivity contribution in [2.75, 3.05) is 0 Å². The summed E-state index contributed by atoms with van der Waals surface area (Å²) < 4.78 is 5.17. The number of aromatic nitrogens is 4. The van der Waals surface area contributed by atoms with Gasteiger partial charge in [-0.05, 0) is 123 Å². The average Bonchev–Trinajstić information content (AvgIpc) is 4.08. The van der Waals surface area contributed by atoms with E-state index in [2.05, 4.69) is 184 Å². The van der Waals surface area contributed by atoms with E-state index >= 15 is 0 Å². The first-order valence-corrected chi connectivity index (χ1v) is 24.1. The first-order chi connectivity index (χ1) is 32.6. The Morgan fingerprint density at radius 2 is 1.04 bits per heavy atom. The van der Waals surface area contributed by atoms with Crippen LogP contribution in [0.2, 0.25) is 0 Å². The van der Waals surface area contributed by atoms with Crippen molar-refractivity contribution in [3.8, 4) is 0 Å². The third-order valence-corrected chi connectivity index (χ3v) is 17.3. The molecule has 0 aliphatic heterocycles. The Balaban J connectivity index is 1.06. The fourth-order valence-corrected chi connectivity index (χ4v) is 14.2. The van der Waals surface area contributed by atoms with Gasteiger partial charge in [-0.15, -0.1) is 0 Å². The van der Waals surface area contributed by atoms with Gasteiger partial charge in [-0.25, -0.2) is 0 Å². The first-order valence-electron chi connectivity index (χ1n) is 24.1. The Morgan fingerprint density at radius 3 is 1.75 bits per heavy atom. The Morgan fingerprint density at radius 1 is 0.493 bits per heavy atom. The number of allylic oxidation sites excluding steroid dienone is 5. The molecular formula is C63H46N4. The number of hydrogen-bond acceptors (Lipinski definition) is 2. The second kappa shape index (κ2) is 11.9. The summed E-state index contributed by atoms with van der Waals surface area (Å²) in [7, 11) is 0. The molecule has 0 radical (unpaired) electrons. The van der Waals surface area contributed by atoms with Gasteiger partial charge in [0.1, 0.15) is 0 Å². The molecule has 0 fully saturated rings. The molecular weight excluding hydrogens is 813 g/mol. The first kappa shape index (κ1) is 36.6. The highest BCUT2D eigenvalue weighted by molar-refractivity contribution is 6.31. The van der Waals surface area contributed by atoms with Crippen LogP contribution in [0.15, 0.2) is 146 Å². The molecule has 6 heterocycles. The SMILES string of the molecule is C=C1/C=C\C=C/C2c3ccccc3C1c1c2ncc2c1c1c(C)c(C)c(C)c3c4cc5c(cc4n2c31)c1cc(C(C)(C)C)cc2c3c4c(ncc3n5c12)C1c2ccccc2C4c2ccccc21. The van der Waals surface area contributed by atoms with Crippen LogP contribution in [0, 0.1) is 20.8 Å². The van der Waals surface area contributed by atoms with E-state index < -0.39 is 0 Å². The second-order valence-electron chi connectivity index (χ2n) is 21.3. The molecule has 6 aromatic heterocycles. The minimum Gasteiger partial charge on any atom is -0.306 e.